The number of hydrogen-bond donors (Lipinski definition) is 4. The fourth-order valence-electron chi connectivity index (χ4n) is 3.78. The Morgan fingerprint density at radius 1 is 0.892 bits per heavy atom. The Morgan fingerprint density at radius 3 is 2.32 bits per heavy atom. The second-order valence-corrected chi connectivity index (χ2v) is 8.89. The molecule has 0 unspecified atom stereocenters. The van der Waals surface area contributed by atoms with Gasteiger partial charge in [-0.25, -0.2) is 9.59 Å². The van der Waals surface area contributed by atoms with Gasteiger partial charge in [0.05, 0.1) is 11.3 Å². The van der Waals surface area contributed by atoms with E-state index in [1.54, 1.807) is 66.7 Å². The van der Waals surface area contributed by atoms with Gasteiger partial charge in [-0.05, 0) is 42.3 Å². The zero-order valence-electron chi connectivity index (χ0n) is 19.8. The Labute approximate surface area is 218 Å². The Kier molecular flexibility index (Phi) is 8.42. The number of hydrogen-bond acceptors (Lipinski definition) is 9. The highest BCUT2D eigenvalue weighted by Crippen LogP contribution is 2.29. The van der Waals surface area contributed by atoms with Crippen LogP contribution in [0.1, 0.15) is 21.5 Å². The van der Waals surface area contributed by atoms with Crippen LogP contribution in [0.15, 0.2) is 72.8 Å². The average molecular weight is 528 g/mol. The van der Waals surface area contributed by atoms with Crippen molar-refractivity contribution in [3.63, 3.8) is 0 Å². The first-order chi connectivity index (χ1) is 17.8. The van der Waals surface area contributed by atoms with E-state index in [0.717, 1.165) is 5.56 Å². The molecule has 1 heterocycles. The lowest BCUT2D eigenvalue weighted by Gasteiger charge is -2.38. The molecule has 10 heteroatoms. The summed E-state index contributed by atoms with van der Waals surface area (Å²) in [4.78, 5) is 25.6. The number of aliphatic hydroxyl groups is 3. The van der Waals surface area contributed by atoms with Gasteiger partial charge in [0.15, 0.2) is 6.10 Å². The first-order valence-electron chi connectivity index (χ1n) is 11.5. The number of carbonyl (C=O) groups is 2. The molecule has 4 rings (SSSR count). The van der Waals surface area contributed by atoms with E-state index in [1.165, 1.54) is 6.07 Å². The quantitative estimate of drug-likeness (QED) is 0.342. The van der Waals surface area contributed by atoms with E-state index in [1.807, 2.05) is 6.92 Å². The van der Waals surface area contributed by atoms with Crippen LogP contribution in [0, 0.1) is 6.92 Å². The minimum atomic E-state index is -1.83. The van der Waals surface area contributed by atoms with Gasteiger partial charge in [-0.3, -0.25) is 0 Å². The number of rotatable bonds is 7. The summed E-state index contributed by atoms with van der Waals surface area (Å²) in [6.07, 6.45) is -8.88. The van der Waals surface area contributed by atoms with Crippen molar-refractivity contribution in [3.05, 3.63) is 94.5 Å². The van der Waals surface area contributed by atoms with Crippen molar-refractivity contribution in [2.24, 2.45) is 0 Å². The molecule has 9 nitrogen and oxygen atoms in total. The Balaban J connectivity index is 1.48. The lowest BCUT2D eigenvalue weighted by molar-refractivity contribution is -0.280. The molecule has 1 aliphatic rings. The van der Waals surface area contributed by atoms with E-state index in [-0.39, 0.29) is 12.2 Å². The predicted octanol–water partition coefficient (Wildman–Crippen LogP) is 3.10. The summed E-state index contributed by atoms with van der Waals surface area (Å²) in [5.41, 5.74) is 2.63. The van der Waals surface area contributed by atoms with E-state index in [9.17, 15) is 24.9 Å². The van der Waals surface area contributed by atoms with Crippen LogP contribution < -0.4 is 5.32 Å². The van der Waals surface area contributed by atoms with Crippen LogP contribution in [0.2, 0.25) is 5.02 Å². The molecule has 37 heavy (non-hydrogen) atoms. The number of para-hydroxylation sites is 1. The SMILES string of the molecule is Cc1c(Cl)cccc1Nc1ccccc1C(=O)O[C@@H]1O[C@H](C(=O)OCc2ccccc2)[C@@H](O)[C@H](O)[C@H]1O. The van der Waals surface area contributed by atoms with E-state index < -0.39 is 42.6 Å². The molecule has 0 amide bonds. The fraction of sp³-hybridized carbons (Fsp3) is 0.259. The molecule has 0 bridgehead atoms. The standard InChI is InChI=1S/C27H26ClNO8/c1-15-18(28)11-7-13-19(15)29-20-12-6-5-10-17(20)25(33)37-27-23(32)21(30)22(31)24(36-27)26(34)35-14-16-8-3-2-4-9-16/h2-13,21-24,27,29-32H,14H2,1H3/t21-,22-,23+,24-,27-/m0/s1. The van der Waals surface area contributed by atoms with Crippen LogP contribution in [-0.4, -0.2) is 58.0 Å². The van der Waals surface area contributed by atoms with E-state index in [2.05, 4.69) is 5.32 Å². The second-order valence-electron chi connectivity index (χ2n) is 8.48. The van der Waals surface area contributed by atoms with E-state index >= 15 is 0 Å². The van der Waals surface area contributed by atoms with Gasteiger partial charge in [0, 0.05) is 10.7 Å². The van der Waals surface area contributed by atoms with Crippen LogP contribution in [0.25, 0.3) is 0 Å². The average Bonchev–Trinajstić information content (AvgIpc) is 2.91. The van der Waals surface area contributed by atoms with Gasteiger partial charge in [-0.2, -0.15) is 0 Å². The minimum Gasteiger partial charge on any atom is -0.459 e. The Bertz CT molecular complexity index is 1250. The fourth-order valence-corrected chi connectivity index (χ4v) is 3.95. The van der Waals surface area contributed by atoms with Gasteiger partial charge < -0.3 is 34.8 Å². The number of aliphatic hydroxyl groups excluding tert-OH is 3. The van der Waals surface area contributed by atoms with Crippen LogP contribution in [0.4, 0.5) is 11.4 Å². The third-order valence-corrected chi connectivity index (χ3v) is 6.34. The first-order valence-corrected chi connectivity index (χ1v) is 11.9. The van der Waals surface area contributed by atoms with Gasteiger partial charge in [0.1, 0.15) is 24.9 Å². The number of anilines is 2. The number of esters is 2. The summed E-state index contributed by atoms with van der Waals surface area (Å²) in [6.45, 7) is 1.72. The maximum absolute atomic E-state index is 13.1. The number of ether oxygens (including phenoxy) is 3. The molecule has 3 aromatic carbocycles. The Hall–Kier alpha value is -3.47. The maximum atomic E-state index is 13.1. The largest absolute Gasteiger partial charge is 0.459 e. The number of carbonyl (C=O) groups excluding carboxylic acids is 2. The van der Waals surface area contributed by atoms with Gasteiger partial charge in [-0.1, -0.05) is 60.1 Å². The van der Waals surface area contributed by atoms with Crippen molar-refractivity contribution in [3.8, 4) is 0 Å². The molecule has 3 aromatic rings. The van der Waals surface area contributed by atoms with Crippen molar-refractivity contribution in [1.29, 1.82) is 0 Å². The zero-order valence-corrected chi connectivity index (χ0v) is 20.5. The number of nitrogens with one attached hydrogen (secondary N) is 1. The molecule has 0 saturated carbocycles. The number of halogens is 1. The summed E-state index contributed by atoms with van der Waals surface area (Å²) in [5.74, 6) is -1.88. The smallest absolute Gasteiger partial charge is 0.342 e. The third kappa shape index (κ3) is 6.10. The highest BCUT2D eigenvalue weighted by molar-refractivity contribution is 6.31. The van der Waals surface area contributed by atoms with Crippen LogP contribution >= 0.6 is 11.6 Å². The van der Waals surface area contributed by atoms with Gasteiger partial charge in [0.2, 0.25) is 6.29 Å². The monoisotopic (exact) mass is 527 g/mol. The van der Waals surface area contributed by atoms with Crippen molar-refractivity contribution in [1.82, 2.24) is 0 Å². The molecule has 1 saturated heterocycles. The van der Waals surface area contributed by atoms with Crippen molar-refractivity contribution in [2.75, 3.05) is 5.32 Å². The molecule has 4 N–H and O–H groups in total. The maximum Gasteiger partial charge on any atom is 0.342 e. The van der Waals surface area contributed by atoms with Gasteiger partial charge >= 0.3 is 11.9 Å². The normalized spacial score (nSPS) is 23.2. The zero-order chi connectivity index (χ0) is 26.5. The number of benzene rings is 3. The predicted molar refractivity (Wildman–Crippen MR) is 134 cm³/mol. The molecule has 0 aliphatic carbocycles. The highest BCUT2D eigenvalue weighted by atomic mass is 35.5. The Morgan fingerprint density at radius 2 is 1.57 bits per heavy atom. The van der Waals surface area contributed by atoms with Crippen LogP contribution in [0.5, 0.6) is 0 Å². The molecule has 1 fully saturated rings. The molecular weight excluding hydrogens is 502 g/mol. The molecule has 194 valence electrons. The molecule has 5 atom stereocenters. The lowest BCUT2D eigenvalue weighted by atomic mass is 9.99. The molecule has 0 aromatic heterocycles. The van der Waals surface area contributed by atoms with Crippen molar-refractivity contribution >= 4 is 34.9 Å². The summed E-state index contributed by atoms with van der Waals surface area (Å²) >= 11 is 6.19. The van der Waals surface area contributed by atoms with E-state index in [4.69, 9.17) is 25.8 Å². The minimum absolute atomic E-state index is 0.0986. The van der Waals surface area contributed by atoms with Crippen LogP contribution in [-0.2, 0) is 25.6 Å². The third-order valence-electron chi connectivity index (χ3n) is 5.93. The van der Waals surface area contributed by atoms with E-state index in [0.29, 0.717) is 22.0 Å². The molecule has 0 spiro atoms. The topological polar surface area (TPSA) is 135 Å². The van der Waals surface area contributed by atoms with Crippen molar-refractivity contribution < 1.29 is 39.1 Å². The van der Waals surface area contributed by atoms with Crippen molar-refractivity contribution in [2.45, 2.75) is 44.2 Å². The van der Waals surface area contributed by atoms with Gasteiger partial charge in [0.25, 0.3) is 0 Å². The molecular formula is C27H26ClNO8. The summed E-state index contributed by atoms with van der Waals surface area (Å²) in [6, 6.07) is 20.6. The molecule has 0 radical (unpaired) electrons. The summed E-state index contributed by atoms with van der Waals surface area (Å²) < 4.78 is 15.9. The first kappa shape index (κ1) is 26.6. The second kappa shape index (κ2) is 11.7. The van der Waals surface area contributed by atoms with Crippen LogP contribution in [0.3, 0.4) is 0 Å². The highest BCUT2D eigenvalue weighted by Gasteiger charge is 2.49. The summed E-state index contributed by atoms with van der Waals surface area (Å²) in [5, 5.41) is 34.7. The lowest BCUT2D eigenvalue weighted by Crippen LogP contribution is -2.60. The van der Waals surface area contributed by atoms with Gasteiger partial charge in [-0.15, -0.1) is 0 Å². The summed E-state index contributed by atoms with van der Waals surface area (Å²) in [7, 11) is 0. The molecule has 1 aliphatic heterocycles.